The molecule has 0 saturated heterocycles. The van der Waals surface area contributed by atoms with E-state index < -0.39 is 24.0 Å². The first-order valence-corrected chi connectivity index (χ1v) is 10.3. The molecule has 0 aliphatic carbocycles. The van der Waals surface area contributed by atoms with Crippen LogP contribution in [0, 0.1) is 0 Å². The molecule has 4 rings (SSSR count). The number of nitrogens with one attached hydrogen (secondary N) is 4. The van der Waals surface area contributed by atoms with Gasteiger partial charge >= 0.3 is 5.97 Å². The molecule has 2 heterocycles. The highest BCUT2D eigenvalue weighted by Gasteiger charge is 2.27. The number of aromatic amines is 2. The van der Waals surface area contributed by atoms with Gasteiger partial charge in [-0.1, -0.05) is 36.4 Å². The summed E-state index contributed by atoms with van der Waals surface area (Å²) in [5.74, 6) is -2.05. The van der Waals surface area contributed by atoms with E-state index >= 15 is 0 Å². The van der Waals surface area contributed by atoms with Gasteiger partial charge in [-0.3, -0.25) is 9.59 Å². The smallest absolute Gasteiger partial charge is 0.326 e. The molecule has 32 heavy (non-hydrogen) atoms. The maximum absolute atomic E-state index is 13.0. The van der Waals surface area contributed by atoms with E-state index in [9.17, 15) is 19.5 Å². The molecule has 0 bridgehead atoms. The molecule has 0 aliphatic heterocycles. The molecule has 2 aromatic heterocycles. The number of benzene rings is 2. The van der Waals surface area contributed by atoms with Crippen molar-refractivity contribution in [2.45, 2.75) is 31.8 Å². The summed E-state index contributed by atoms with van der Waals surface area (Å²) in [5.41, 5.74) is 3.47. The van der Waals surface area contributed by atoms with Crippen LogP contribution in [0.2, 0.25) is 0 Å². The molecule has 0 aliphatic rings. The zero-order valence-corrected chi connectivity index (χ0v) is 17.5. The van der Waals surface area contributed by atoms with Gasteiger partial charge in [0.25, 0.3) is 0 Å². The van der Waals surface area contributed by atoms with Crippen molar-refractivity contribution >= 4 is 39.6 Å². The normalized spacial score (nSPS) is 13.0. The molecule has 8 heteroatoms. The van der Waals surface area contributed by atoms with Crippen LogP contribution in [0.3, 0.4) is 0 Å². The first-order valence-electron chi connectivity index (χ1n) is 10.3. The quantitative estimate of drug-likeness (QED) is 0.293. The number of aliphatic carboxylic acids is 1. The van der Waals surface area contributed by atoms with Crippen molar-refractivity contribution in [2.24, 2.45) is 0 Å². The van der Waals surface area contributed by atoms with E-state index in [1.165, 1.54) is 6.92 Å². The van der Waals surface area contributed by atoms with Gasteiger partial charge in [-0.2, -0.15) is 0 Å². The van der Waals surface area contributed by atoms with E-state index in [-0.39, 0.29) is 18.7 Å². The second-order valence-electron chi connectivity index (χ2n) is 7.78. The number of hydrogen-bond donors (Lipinski definition) is 5. The molecule has 4 aromatic rings. The summed E-state index contributed by atoms with van der Waals surface area (Å²) in [4.78, 5) is 43.0. The Balaban J connectivity index is 1.54. The van der Waals surface area contributed by atoms with Crippen molar-refractivity contribution in [3.05, 3.63) is 72.1 Å². The minimum atomic E-state index is -1.14. The molecule has 2 unspecified atom stereocenters. The van der Waals surface area contributed by atoms with E-state index in [0.29, 0.717) is 0 Å². The predicted octanol–water partition coefficient (Wildman–Crippen LogP) is 2.51. The predicted molar refractivity (Wildman–Crippen MR) is 121 cm³/mol. The van der Waals surface area contributed by atoms with E-state index in [1.54, 1.807) is 12.4 Å². The van der Waals surface area contributed by atoms with Gasteiger partial charge < -0.3 is 25.7 Å². The van der Waals surface area contributed by atoms with Crippen LogP contribution in [0.15, 0.2) is 60.9 Å². The van der Waals surface area contributed by atoms with Crippen LogP contribution >= 0.6 is 0 Å². The number of amides is 2. The average molecular weight is 432 g/mol. The Morgan fingerprint density at radius 2 is 1.31 bits per heavy atom. The van der Waals surface area contributed by atoms with Crippen LogP contribution in [0.1, 0.15) is 18.1 Å². The third kappa shape index (κ3) is 4.49. The molecule has 2 aromatic carbocycles. The first-order chi connectivity index (χ1) is 15.4. The van der Waals surface area contributed by atoms with E-state index in [2.05, 4.69) is 20.6 Å². The standard InChI is InChI=1S/C24H24N4O4/c1-14(29)27-21(10-15-12-25-19-8-4-2-6-17(15)19)23(30)28-22(24(31)32)11-16-13-26-20-9-5-3-7-18(16)20/h2-9,12-13,21-22,25-26H,10-11H2,1H3,(H,27,29)(H,28,30)(H,31,32). The van der Waals surface area contributed by atoms with Gasteiger partial charge in [-0.25, -0.2) is 4.79 Å². The van der Waals surface area contributed by atoms with Gasteiger partial charge in [0.05, 0.1) is 0 Å². The lowest BCUT2D eigenvalue weighted by Crippen LogP contribution is -2.52. The number of carbonyl (C=O) groups is 3. The zero-order valence-electron chi connectivity index (χ0n) is 17.5. The summed E-state index contributed by atoms with van der Waals surface area (Å²) in [6.07, 6.45) is 3.90. The molecule has 0 radical (unpaired) electrons. The largest absolute Gasteiger partial charge is 0.480 e. The van der Waals surface area contributed by atoms with Crippen molar-refractivity contribution in [3.8, 4) is 0 Å². The van der Waals surface area contributed by atoms with Crippen molar-refractivity contribution in [1.29, 1.82) is 0 Å². The fourth-order valence-electron chi connectivity index (χ4n) is 3.97. The number of rotatable bonds is 8. The molecule has 164 valence electrons. The molecule has 0 fully saturated rings. The van der Waals surface area contributed by atoms with Gasteiger partial charge in [0, 0.05) is 54.0 Å². The SMILES string of the molecule is CC(=O)NC(Cc1c[nH]c2ccccc12)C(=O)NC(Cc1c[nH]c2ccccc12)C(=O)O. The molecule has 0 saturated carbocycles. The van der Waals surface area contributed by atoms with Crippen LogP contribution in [0.4, 0.5) is 0 Å². The fraction of sp³-hybridized carbons (Fsp3) is 0.208. The third-order valence-corrected chi connectivity index (χ3v) is 5.51. The lowest BCUT2D eigenvalue weighted by molar-refractivity contribution is -0.142. The highest BCUT2D eigenvalue weighted by atomic mass is 16.4. The second kappa shape index (κ2) is 8.97. The van der Waals surface area contributed by atoms with Crippen LogP contribution in [-0.4, -0.2) is 44.9 Å². The molecular formula is C24H24N4O4. The highest BCUT2D eigenvalue weighted by Crippen LogP contribution is 2.21. The number of H-pyrrole nitrogens is 2. The summed E-state index contributed by atoms with van der Waals surface area (Å²) in [7, 11) is 0. The van der Waals surface area contributed by atoms with Gasteiger partial charge in [0.15, 0.2) is 0 Å². The van der Waals surface area contributed by atoms with Crippen LogP contribution in [-0.2, 0) is 27.2 Å². The number of para-hydroxylation sites is 2. The van der Waals surface area contributed by atoms with Crippen LogP contribution < -0.4 is 10.6 Å². The molecule has 2 atom stereocenters. The summed E-state index contributed by atoms with van der Waals surface area (Å²) < 4.78 is 0. The summed E-state index contributed by atoms with van der Waals surface area (Å²) in [6, 6.07) is 13.2. The summed E-state index contributed by atoms with van der Waals surface area (Å²) in [5, 5.41) is 16.9. The highest BCUT2D eigenvalue weighted by molar-refractivity contribution is 5.92. The topological polar surface area (TPSA) is 127 Å². The number of hydrogen-bond acceptors (Lipinski definition) is 3. The number of aromatic nitrogens is 2. The minimum absolute atomic E-state index is 0.116. The Bertz CT molecular complexity index is 1290. The number of carboxylic acid groups (broad SMARTS) is 1. The maximum Gasteiger partial charge on any atom is 0.326 e. The Morgan fingerprint density at radius 1 is 0.812 bits per heavy atom. The third-order valence-electron chi connectivity index (χ3n) is 5.51. The number of carbonyl (C=O) groups excluding carboxylic acids is 2. The number of fused-ring (bicyclic) bond motifs is 2. The van der Waals surface area contributed by atoms with Crippen LogP contribution in [0.5, 0.6) is 0 Å². The van der Waals surface area contributed by atoms with Gasteiger partial charge in [-0.15, -0.1) is 0 Å². The van der Waals surface area contributed by atoms with E-state index in [4.69, 9.17) is 0 Å². The average Bonchev–Trinajstić information content (AvgIpc) is 3.37. The Labute approximate surface area is 184 Å². The van der Waals surface area contributed by atoms with E-state index in [1.807, 2.05) is 48.5 Å². The van der Waals surface area contributed by atoms with Crippen molar-refractivity contribution in [1.82, 2.24) is 20.6 Å². The second-order valence-corrected chi connectivity index (χ2v) is 7.78. The van der Waals surface area contributed by atoms with Crippen LogP contribution in [0.25, 0.3) is 21.8 Å². The van der Waals surface area contributed by atoms with E-state index in [0.717, 1.165) is 32.9 Å². The monoisotopic (exact) mass is 432 g/mol. The first kappa shape index (κ1) is 21.2. The molecule has 8 nitrogen and oxygen atoms in total. The van der Waals surface area contributed by atoms with Gasteiger partial charge in [0.1, 0.15) is 12.1 Å². The summed E-state index contributed by atoms with van der Waals surface area (Å²) in [6.45, 7) is 1.33. The molecule has 5 N–H and O–H groups in total. The lowest BCUT2D eigenvalue weighted by Gasteiger charge is -2.21. The van der Waals surface area contributed by atoms with Crippen molar-refractivity contribution < 1.29 is 19.5 Å². The maximum atomic E-state index is 13.0. The Kier molecular flexibility index (Phi) is 5.93. The Morgan fingerprint density at radius 3 is 1.81 bits per heavy atom. The van der Waals surface area contributed by atoms with Crippen molar-refractivity contribution in [3.63, 3.8) is 0 Å². The fourth-order valence-corrected chi connectivity index (χ4v) is 3.97. The lowest BCUT2D eigenvalue weighted by atomic mass is 10.0. The minimum Gasteiger partial charge on any atom is -0.480 e. The van der Waals surface area contributed by atoms with Gasteiger partial charge in [0.2, 0.25) is 11.8 Å². The molecule has 0 spiro atoms. The van der Waals surface area contributed by atoms with Crippen molar-refractivity contribution in [2.75, 3.05) is 0 Å². The molecular weight excluding hydrogens is 408 g/mol. The summed E-state index contributed by atoms with van der Waals surface area (Å²) >= 11 is 0. The Hall–Kier alpha value is -4.07. The molecule has 2 amide bonds. The number of carboxylic acids is 1. The zero-order chi connectivity index (χ0) is 22.7. The van der Waals surface area contributed by atoms with Gasteiger partial charge in [-0.05, 0) is 23.3 Å².